The Hall–Kier alpha value is -1.90. The first-order valence-electron chi connectivity index (χ1n) is 5.30. The molecular formula is C13H19N3. The van der Waals surface area contributed by atoms with Crippen LogP contribution >= 0.6 is 0 Å². The van der Waals surface area contributed by atoms with Crippen LogP contribution in [0.25, 0.3) is 0 Å². The Bertz CT molecular complexity index is 371. The zero-order valence-electron chi connectivity index (χ0n) is 9.52. The zero-order valence-corrected chi connectivity index (χ0v) is 9.52. The number of nitrogens with zero attached hydrogens (tertiary/aromatic N) is 1. The second-order valence-electron chi connectivity index (χ2n) is 3.63. The first kappa shape index (κ1) is 12.2. The molecule has 4 N–H and O–H groups in total. The Labute approximate surface area is 97.0 Å². The Morgan fingerprint density at radius 2 is 1.94 bits per heavy atom. The maximum atomic E-state index is 5.93. The summed E-state index contributed by atoms with van der Waals surface area (Å²) in [7, 11) is 0. The molecule has 0 aliphatic carbocycles. The second-order valence-corrected chi connectivity index (χ2v) is 3.63. The van der Waals surface area contributed by atoms with Gasteiger partial charge in [0.2, 0.25) is 0 Å². The SMILES string of the molecule is C=CCCN(CC=C)c1cc(N)ccc1N. The summed E-state index contributed by atoms with van der Waals surface area (Å²) in [6.07, 6.45) is 4.65. The molecule has 0 radical (unpaired) electrons. The van der Waals surface area contributed by atoms with Crippen LogP contribution in [0.4, 0.5) is 17.1 Å². The third-order valence-electron chi connectivity index (χ3n) is 2.35. The minimum absolute atomic E-state index is 0.719. The van der Waals surface area contributed by atoms with Crippen LogP contribution in [0.2, 0.25) is 0 Å². The summed E-state index contributed by atoms with van der Waals surface area (Å²) in [5.74, 6) is 0. The first-order valence-corrected chi connectivity index (χ1v) is 5.30. The number of nitrogen functional groups attached to an aromatic ring is 2. The summed E-state index contributed by atoms with van der Waals surface area (Å²) in [6, 6.07) is 5.52. The standard InChI is InChI=1S/C13H19N3/c1-3-5-9-16(8-4-2)13-10-11(14)6-7-12(13)15/h3-4,6-7,10H,1-2,5,8-9,14-15H2. The molecule has 0 aromatic heterocycles. The Morgan fingerprint density at radius 1 is 1.19 bits per heavy atom. The first-order chi connectivity index (χ1) is 7.69. The lowest BCUT2D eigenvalue weighted by Gasteiger charge is -2.24. The van der Waals surface area contributed by atoms with Gasteiger partial charge in [-0.15, -0.1) is 13.2 Å². The van der Waals surface area contributed by atoms with Crippen molar-refractivity contribution in [3.05, 3.63) is 43.5 Å². The van der Waals surface area contributed by atoms with Gasteiger partial charge in [-0.1, -0.05) is 12.2 Å². The molecule has 0 fully saturated rings. The average molecular weight is 217 g/mol. The molecule has 1 rings (SSSR count). The maximum Gasteiger partial charge on any atom is 0.0623 e. The highest BCUT2D eigenvalue weighted by molar-refractivity contribution is 5.72. The van der Waals surface area contributed by atoms with Gasteiger partial charge in [0.25, 0.3) is 0 Å². The number of hydrogen-bond acceptors (Lipinski definition) is 3. The fraction of sp³-hybridized carbons (Fsp3) is 0.231. The topological polar surface area (TPSA) is 55.3 Å². The Morgan fingerprint density at radius 3 is 2.56 bits per heavy atom. The molecule has 0 amide bonds. The van der Waals surface area contributed by atoms with Crippen LogP contribution in [0.3, 0.4) is 0 Å². The van der Waals surface area contributed by atoms with Gasteiger partial charge in [0.1, 0.15) is 0 Å². The lowest BCUT2D eigenvalue weighted by molar-refractivity contribution is 0.856. The number of nitrogens with two attached hydrogens (primary N) is 2. The van der Waals surface area contributed by atoms with E-state index in [0.29, 0.717) is 0 Å². The number of hydrogen-bond donors (Lipinski definition) is 2. The van der Waals surface area contributed by atoms with Crippen molar-refractivity contribution >= 4 is 17.1 Å². The zero-order chi connectivity index (χ0) is 12.0. The molecule has 0 saturated carbocycles. The highest BCUT2D eigenvalue weighted by atomic mass is 15.1. The molecule has 0 spiro atoms. The van der Waals surface area contributed by atoms with E-state index in [4.69, 9.17) is 11.5 Å². The van der Waals surface area contributed by atoms with Gasteiger partial charge in [-0.3, -0.25) is 0 Å². The summed E-state index contributed by atoms with van der Waals surface area (Å²) >= 11 is 0. The van der Waals surface area contributed by atoms with Crippen molar-refractivity contribution in [2.24, 2.45) is 0 Å². The molecule has 16 heavy (non-hydrogen) atoms. The van der Waals surface area contributed by atoms with Crippen molar-refractivity contribution in [2.75, 3.05) is 29.5 Å². The van der Waals surface area contributed by atoms with Gasteiger partial charge in [-0.2, -0.15) is 0 Å². The van der Waals surface area contributed by atoms with Gasteiger partial charge in [0.05, 0.1) is 11.4 Å². The van der Waals surface area contributed by atoms with E-state index in [0.717, 1.165) is 36.6 Å². The lowest BCUT2D eigenvalue weighted by Crippen LogP contribution is -2.25. The molecule has 0 aliphatic rings. The summed E-state index contributed by atoms with van der Waals surface area (Å²) < 4.78 is 0. The third-order valence-corrected chi connectivity index (χ3v) is 2.35. The van der Waals surface area contributed by atoms with E-state index in [2.05, 4.69) is 18.1 Å². The average Bonchev–Trinajstić information content (AvgIpc) is 2.28. The van der Waals surface area contributed by atoms with Gasteiger partial charge in [0, 0.05) is 18.8 Å². The molecule has 1 aromatic rings. The van der Waals surface area contributed by atoms with Crippen molar-refractivity contribution in [1.29, 1.82) is 0 Å². The van der Waals surface area contributed by atoms with Gasteiger partial charge in [-0.25, -0.2) is 0 Å². The minimum atomic E-state index is 0.719. The molecule has 0 bridgehead atoms. The summed E-state index contributed by atoms with van der Waals surface area (Å²) in [6.45, 7) is 9.08. The smallest absolute Gasteiger partial charge is 0.0623 e. The largest absolute Gasteiger partial charge is 0.399 e. The van der Waals surface area contributed by atoms with Crippen LogP contribution in [-0.2, 0) is 0 Å². The fourth-order valence-electron chi connectivity index (χ4n) is 1.55. The summed E-state index contributed by atoms with van der Waals surface area (Å²) in [5, 5.41) is 0. The van der Waals surface area contributed by atoms with E-state index < -0.39 is 0 Å². The van der Waals surface area contributed by atoms with Crippen LogP contribution in [0, 0.1) is 0 Å². The van der Waals surface area contributed by atoms with Crippen molar-refractivity contribution in [3.63, 3.8) is 0 Å². The molecule has 3 nitrogen and oxygen atoms in total. The van der Waals surface area contributed by atoms with Crippen LogP contribution < -0.4 is 16.4 Å². The van der Waals surface area contributed by atoms with Gasteiger partial charge in [-0.05, 0) is 24.6 Å². The van der Waals surface area contributed by atoms with Crippen LogP contribution in [0.5, 0.6) is 0 Å². The highest BCUT2D eigenvalue weighted by Gasteiger charge is 2.07. The van der Waals surface area contributed by atoms with E-state index in [1.54, 1.807) is 6.07 Å². The van der Waals surface area contributed by atoms with E-state index in [1.807, 2.05) is 24.3 Å². The van der Waals surface area contributed by atoms with Gasteiger partial charge in [0.15, 0.2) is 0 Å². The quantitative estimate of drug-likeness (QED) is 0.568. The molecular weight excluding hydrogens is 198 g/mol. The normalized spacial score (nSPS) is 9.75. The highest BCUT2D eigenvalue weighted by Crippen LogP contribution is 2.25. The van der Waals surface area contributed by atoms with Crippen molar-refractivity contribution < 1.29 is 0 Å². The molecule has 0 saturated heterocycles. The van der Waals surface area contributed by atoms with E-state index in [9.17, 15) is 0 Å². The minimum Gasteiger partial charge on any atom is -0.399 e. The molecule has 0 atom stereocenters. The molecule has 1 aromatic carbocycles. The predicted octanol–water partition coefficient (Wildman–Crippen LogP) is 2.42. The van der Waals surface area contributed by atoms with E-state index >= 15 is 0 Å². The molecule has 0 heterocycles. The monoisotopic (exact) mass is 217 g/mol. The molecule has 3 heteroatoms. The van der Waals surface area contributed by atoms with Crippen LogP contribution in [-0.4, -0.2) is 13.1 Å². The van der Waals surface area contributed by atoms with E-state index in [-0.39, 0.29) is 0 Å². The molecule has 86 valence electrons. The number of benzene rings is 1. The fourth-order valence-corrected chi connectivity index (χ4v) is 1.55. The van der Waals surface area contributed by atoms with E-state index in [1.165, 1.54) is 0 Å². The second kappa shape index (κ2) is 5.85. The van der Waals surface area contributed by atoms with Crippen molar-refractivity contribution in [1.82, 2.24) is 0 Å². The maximum absolute atomic E-state index is 5.93. The number of anilines is 3. The van der Waals surface area contributed by atoms with Crippen molar-refractivity contribution in [2.45, 2.75) is 6.42 Å². The van der Waals surface area contributed by atoms with Gasteiger partial charge < -0.3 is 16.4 Å². The number of rotatable bonds is 6. The lowest BCUT2D eigenvalue weighted by atomic mass is 10.2. The summed E-state index contributed by atoms with van der Waals surface area (Å²) in [4.78, 5) is 2.14. The molecule has 0 unspecified atom stereocenters. The Kier molecular flexibility index (Phi) is 4.45. The van der Waals surface area contributed by atoms with Crippen molar-refractivity contribution in [3.8, 4) is 0 Å². The third kappa shape index (κ3) is 3.05. The predicted molar refractivity (Wildman–Crippen MR) is 72.5 cm³/mol. The van der Waals surface area contributed by atoms with Crippen LogP contribution in [0.1, 0.15) is 6.42 Å². The summed E-state index contributed by atoms with van der Waals surface area (Å²) in [5.41, 5.74) is 14.1. The van der Waals surface area contributed by atoms with Crippen LogP contribution in [0.15, 0.2) is 43.5 Å². The van der Waals surface area contributed by atoms with Gasteiger partial charge >= 0.3 is 0 Å². The Balaban J connectivity index is 2.94. The molecule has 0 aliphatic heterocycles.